The minimum atomic E-state index is 0.394. The Morgan fingerprint density at radius 3 is 2.82 bits per heavy atom. The summed E-state index contributed by atoms with van der Waals surface area (Å²) in [5.41, 5.74) is 4.66. The molecule has 33 heavy (non-hydrogen) atoms. The van der Waals surface area contributed by atoms with Crippen molar-refractivity contribution in [3.8, 4) is 11.5 Å². The minimum absolute atomic E-state index is 0.394. The number of hydrogen-bond acceptors (Lipinski definition) is 7. The van der Waals surface area contributed by atoms with E-state index in [0.29, 0.717) is 12.1 Å². The van der Waals surface area contributed by atoms with Crippen LogP contribution < -0.4 is 15.1 Å². The Morgan fingerprint density at radius 2 is 2.03 bits per heavy atom. The van der Waals surface area contributed by atoms with Crippen molar-refractivity contribution < 1.29 is 0 Å². The Morgan fingerprint density at radius 1 is 1.18 bits per heavy atom. The van der Waals surface area contributed by atoms with Gasteiger partial charge in [-0.25, -0.2) is 9.97 Å². The van der Waals surface area contributed by atoms with Gasteiger partial charge in [-0.15, -0.1) is 10.2 Å². The molecule has 174 valence electrons. The SMILES string of the molecule is CNCc1nc(N(C)C(C)C)cc2c1CN(c1cccc(-c3nnc4n3[C@H](C)CCC4)n1)C2. The Hall–Kier alpha value is -3.00. The molecule has 5 rings (SSSR count). The summed E-state index contributed by atoms with van der Waals surface area (Å²) in [5.74, 6) is 3.96. The predicted octanol–water partition coefficient (Wildman–Crippen LogP) is 3.72. The van der Waals surface area contributed by atoms with E-state index in [-0.39, 0.29) is 0 Å². The van der Waals surface area contributed by atoms with Crippen LogP contribution in [0.25, 0.3) is 11.5 Å². The number of aryl methyl sites for hydroxylation is 1. The Bertz CT molecular complexity index is 1150. The van der Waals surface area contributed by atoms with Crippen LogP contribution in [0.4, 0.5) is 11.6 Å². The first kappa shape index (κ1) is 21.8. The summed E-state index contributed by atoms with van der Waals surface area (Å²) in [7, 11) is 4.09. The summed E-state index contributed by atoms with van der Waals surface area (Å²) in [4.78, 5) is 14.6. The third kappa shape index (κ3) is 3.97. The molecule has 3 aromatic heterocycles. The van der Waals surface area contributed by atoms with E-state index >= 15 is 0 Å². The second kappa shape index (κ2) is 8.74. The van der Waals surface area contributed by atoms with Gasteiger partial charge in [0.2, 0.25) is 0 Å². The molecule has 0 spiro atoms. The van der Waals surface area contributed by atoms with Gasteiger partial charge in [0.05, 0.1) is 5.69 Å². The first-order valence-electron chi connectivity index (χ1n) is 12.0. The lowest BCUT2D eigenvalue weighted by Crippen LogP contribution is -2.27. The smallest absolute Gasteiger partial charge is 0.182 e. The van der Waals surface area contributed by atoms with Gasteiger partial charge >= 0.3 is 0 Å². The zero-order valence-corrected chi connectivity index (χ0v) is 20.3. The standard InChI is InChI=1S/C25H34N8/c1-16(2)31(5)24-12-18-14-32(15-19(18)21(28-24)13-26-4)22-10-7-9-20(27-22)25-30-29-23-11-6-8-17(3)33(23)25/h7,9-10,12,16-17,26H,6,8,11,13-15H2,1-5H3/t17-/m1/s1. The molecule has 1 N–H and O–H groups in total. The molecule has 0 bridgehead atoms. The molecule has 0 aliphatic carbocycles. The maximum atomic E-state index is 5.04. The van der Waals surface area contributed by atoms with Gasteiger partial charge in [0.15, 0.2) is 5.82 Å². The molecule has 0 saturated heterocycles. The molecular weight excluding hydrogens is 412 g/mol. The van der Waals surface area contributed by atoms with Crippen LogP contribution in [0.15, 0.2) is 24.3 Å². The first-order chi connectivity index (χ1) is 16.0. The van der Waals surface area contributed by atoms with Crippen molar-refractivity contribution in [2.75, 3.05) is 23.9 Å². The van der Waals surface area contributed by atoms with E-state index in [1.165, 1.54) is 17.5 Å². The molecule has 8 nitrogen and oxygen atoms in total. The highest BCUT2D eigenvalue weighted by atomic mass is 15.3. The van der Waals surface area contributed by atoms with Gasteiger partial charge in [-0.2, -0.15) is 0 Å². The molecule has 5 heterocycles. The summed E-state index contributed by atoms with van der Waals surface area (Å²) in [6.45, 7) is 9.04. The zero-order valence-electron chi connectivity index (χ0n) is 20.3. The highest BCUT2D eigenvalue weighted by molar-refractivity contribution is 5.58. The number of rotatable bonds is 6. The molecule has 0 amide bonds. The maximum Gasteiger partial charge on any atom is 0.182 e. The second-order valence-electron chi connectivity index (χ2n) is 9.59. The van der Waals surface area contributed by atoms with E-state index in [9.17, 15) is 0 Å². The van der Waals surface area contributed by atoms with Crippen molar-refractivity contribution in [2.45, 2.75) is 71.8 Å². The summed E-state index contributed by atoms with van der Waals surface area (Å²) >= 11 is 0. The van der Waals surface area contributed by atoms with Gasteiger partial charge in [0.1, 0.15) is 23.2 Å². The quantitative estimate of drug-likeness (QED) is 0.618. The fourth-order valence-electron chi connectivity index (χ4n) is 4.91. The first-order valence-corrected chi connectivity index (χ1v) is 12.0. The zero-order chi connectivity index (χ0) is 23.1. The molecule has 1 atom stereocenters. The third-order valence-corrected chi connectivity index (χ3v) is 7.00. The number of pyridine rings is 2. The molecule has 0 fully saturated rings. The lowest BCUT2D eigenvalue weighted by atomic mass is 10.1. The Balaban J connectivity index is 1.46. The Kier molecular flexibility index (Phi) is 5.78. The number of anilines is 2. The molecule has 0 unspecified atom stereocenters. The van der Waals surface area contributed by atoms with Crippen LogP contribution in [0.3, 0.4) is 0 Å². The normalized spacial score (nSPS) is 17.4. The fraction of sp³-hybridized carbons (Fsp3) is 0.520. The second-order valence-corrected chi connectivity index (χ2v) is 9.59. The van der Waals surface area contributed by atoms with Crippen LogP contribution >= 0.6 is 0 Å². The van der Waals surface area contributed by atoms with Crippen molar-refractivity contribution in [3.63, 3.8) is 0 Å². The molecule has 0 saturated carbocycles. The monoisotopic (exact) mass is 446 g/mol. The van der Waals surface area contributed by atoms with Crippen LogP contribution in [-0.4, -0.2) is 44.9 Å². The molecule has 0 radical (unpaired) electrons. The molecular formula is C25H34N8. The van der Waals surface area contributed by atoms with E-state index < -0.39 is 0 Å². The van der Waals surface area contributed by atoms with E-state index in [4.69, 9.17) is 9.97 Å². The van der Waals surface area contributed by atoms with E-state index in [2.05, 4.69) is 82.0 Å². The van der Waals surface area contributed by atoms with Crippen LogP contribution in [0.5, 0.6) is 0 Å². The summed E-state index contributed by atoms with van der Waals surface area (Å²) in [6, 6.07) is 9.28. The third-order valence-electron chi connectivity index (χ3n) is 7.00. The van der Waals surface area contributed by atoms with Crippen molar-refractivity contribution in [2.24, 2.45) is 0 Å². The molecule has 2 aliphatic rings. The number of aromatic nitrogens is 5. The average molecular weight is 447 g/mol. The summed E-state index contributed by atoms with van der Waals surface area (Å²) in [5, 5.41) is 12.3. The van der Waals surface area contributed by atoms with Gasteiger partial charge in [-0.3, -0.25) is 0 Å². The average Bonchev–Trinajstić information content (AvgIpc) is 3.44. The lowest BCUT2D eigenvalue weighted by molar-refractivity contribution is 0.429. The summed E-state index contributed by atoms with van der Waals surface area (Å²) in [6.07, 6.45) is 3.33. The van der Waals surface area contributed by atoms with Gasteiger partial charge < -0.3 is 19.7 Å². The predicted molar refractivity (Wildman–Crippen MR) is 131 cm³/mol. The largest absolute Gasteiger partial charge is 0.357 e. The molecule has 0 aromatic carbocycles. The highest BCUT2D eigenvalue weighted by Gasteiger charge is 2.27. The number of nitrogens with zero attached hydrogens (tertiary/aromatic N) is 7. The van der Waals surface area contributed by atoms with Crippen LogP contribution in [0.1, 0.15) is 62.3 Å². The molecule has 3 aromatic rings. The molecule has 2 aliphatic heterocycles. The lowest BCUT2D eigenvalue weighted by Gasteiger charge is -2.24. The summed E-state index contributed by atoms with van der Waals surface area (Å²) < 4.78 is 2.28. The van der Waals surface area contributed by atoms with Crippen LogP contribution in [0.2, 0.25) is 0 Å². The minimum Gasteiger partial charge on any atom is -0.357 e. The van der Waals surface area contributed by atoms with Crippen LogP contribution in [-0.2, 0) is 26.1 Å². The van der Waals surface area contributed by atoms with E-state index in [1.807, 2.05) is 7.05 Å². The maximum absolute atomic E-state index is 5.04. The van der Waals surface area contributed by atoms with Gasteiger partial charge in [-0.1, -0.05) is 6.07 Å². The van der Waals surface area contributed by atoms with E-state index in [1.54, 1.807) is 0 Å². The number of fused-ring (bicyclic) bond motifs is 2. The van der Waals surface area contributed by atoms with Crippen molar-refractivity contribution in [1.29, 1.82) is 0 Å². The van der Waals surface area contributed by atoms with Crippen LogP contribution in [0, 0.1) is 0 Å². The van der Waals surface area contributed by atoms with Crippen molar-refractivity contribution in [3.05, 3.63) is 46.9 Å². The topological polar surface area (TPSA) is 75.0 Å². The van der Waals surface area contributed by atoms with E-state index in [0.717, 1.165) is 67.1 Å². The van der Waals surface area contributed by atoms with Gasteiger partial charge in [0, 0.05) is 45.2 Å². The highest BCUT2D eigenvalue weighted by Crippen LogP contribution is 2.34. The van der Waals surface area contributed by atoms with Gasteiger partial charge in [-0.05, 0) is 70.0 Å². The van der Waals surface area contributed by atoms with Gasteiger partial charge in [0.25, 0.3) is 0 Å². The fourth-order valence-corrected chi connectivity index (χ4v) is 4.91. The molecule has 8 heteroatoms. The van der Waals surface area contributed by atoms with Crippen molar-refractivity contribution in [1.82, 2.24) is 30.0 Å². The van der Waals surface area contributed by atoms with Crippen molar-refractivity contribution >= 4 is 11.6 Å². The Labute approximate surface area is 196 Å². The number of nitrogens with one attached hydrogen (secondary N) is 1. The number of hydrogen-bond donors (Lipinski definition) is 1.